The number of benzene rings is 5. The van der Waals surface area contributed by atoms with E-state index in [1.165, 1.54) is 82.7 Å². The first-order valence-corrected chi connectivity index (χ1v) is 27.1. The maximum atomic E-state index is 2.94. The van der Waals surface area contributed by atoms with Crippen LogP contribution in [0.5, 0.6) is 0 Å². The molecule has 0 saturated heterocycles. The van der Waals surface area contributed by atoms with Crippen LogP contribution >= 0.6 is 0 Å². The first-order valence-electron chi connectivity index (χ1n) is 23.4. The van der Waals surface area contributed by atoms with E-state index in [0.717, 1.165) is 17.8 Å². The van der Waals surface area contributed by atoms with E-state index in [4.69, 9.17) is 0 Å². The summed E-state index contributed by atoms with van der Waals surface area (Å²) >= 11 is -3.12. The first-order chi connectivity index (χ1) is 28.4. The molecule has 0 spiro atoms. The molecule has 5 aromatic rings. The molecule has 4 saturated carbocycles. The molecule has 6 atom stereocenters. The van der Waals surface area contributed by atoms with Gasteiger partial charge in [0.1, 0.15) is 0 Å². The van der Waals surface area contributed by atoms with Crippen LogP contribution in [0.25, 0.3) is 21.9 Å². The van der Waals surface area contributed by atoms with Crippen molar-refractivity contribution in [1.29, 1.82) is 0 Å². The van der Waals surface area contributed by atoms with Crippen LogP contribution in [0.2, 0.25) is 0 Å². The molecule has 0 aromatic heterocycles. The fourth-order valence-electron chi connectivity index (χ4n) is 15.2. The van der Waals surface area contributed by atoms with E-state index < -0.39 is 21.3 Å². The molecule has 12 rings (SSSR count). The molecule has 7 aliphatic rings. The average Bonchev–Trinajstić information content (AvgIpc) is 3.76. The summed E-state index contributed by atoms with van der Waals surface area (Å²) in [4.78, 5) is 0. The van der Waals surface area contributed by atoms with Crippen molar-refractivity contribution < 1.29 is 46.1 Å². The van der Waals surface area contributed by atoms with Gasteiger partial charge in [-0.05, 0) is 0 Å². The van der Waals surface area contributed by atoms with Gasteiger partial charge in [0.15, 0.2) is 0 Å². The zero-order chi connectivity index (χ0) is 40.7. The van der Waals surface area contributed by atoms with Crippen LogP contribution in [0.3, 0.4) is 0 Å². The van der Waals surface area contributed by atoms with Crippen molar-refractivity contribution in [2.24, 2.45) is 40.9 Å². The van der Waals surface area contributed by atoms with E-state index in [-0.39, 0.29) is 27.9 Å². The Kier molecular flexibility index (Phi) is 11.2. The monoisotopic (exact) mass is 920 g/mol. The second kappa shape index (κ2) is 15.7. The quantitative estimate of drug-likeness (QED) is 0.165. The van der Waals surface area contributed by atoms with E-state index in [1.807, 2.05) is 3.28 Å². The molecule has 4 fully saturated rings. The van der Waals surface area contributed by atoms with Gasteiger partial charge in [-0.15, -0.1) is 0 Å². The predicted molar refractivity (Wildman–Crippen MR) is 247 cm³/mol. The number of allylic oxidation sites excluding steroid dienone is 4. The maximum Gasteiger partial charge on any atom is -1.00 e. The molecule has 6 unspecified atom stereocenters. The molecule has 0 radical (unpaired) electrons. The zero-order valence-electron chi connectivity index (χ0n) is 37.9. The maximum absolute atomic E-state index is 3.12. The summed E-state index contributed by atoms with van der Waals surface area (Å²) in [7, 11) is 0. The largest absolute Gasteiger partial charge is 1.00 e. The second-order valence-corrected chi connectivity index (χ2v) is 28.1. The van der Waals surface area contributed by atoms with Crippen LogP contribution in [-0.4, -0.2) is 3.21 Å². The Labute approximate surface area is 387 Å². The normalized spacial score (nSPS) is 31.2. The Morgan fingerprint density at radius 3 is 1.75 bits per heavy atom. The summed E-state index contributed by atoms with van der Waals surface area (Å²) in [5.41, 5.74) is 19.2. The number of hydrogen-bond donors (Lipinski definition) is 0. The Bertz CT molecular complexity index is 2590. The van der Waals surface area contributed by atoms with E-state index in [0.29, 0.717) is 35.0 Å². The molecular formula is C58H64Cl2Zr. The van der Waals surface area contributed by atoms with Gasteiger partial charge in [-0.1, -0.05) is 0 Å². The standard InChI is InChI=1S/C29H33.C16H21.C13H10.2ClH.Zr/c1-14-13-24-25(18(5)15(14)2)21(8)28-27-20(7)17(4)16(3)19(6)26(27)22-11-9-10-12-23(22)29(24)28;1-11-2-3-15(4-11)16-8-12-5-13(9-16)7-14(6-12)10-16;1-3-7-12(8-4-1)11-13-9-5-2-6-10-13;;;/h9-13,16-17,19,21H,1-8H3;3-4,11-14H,5-10H2,1H3;1-10H;2*1H;/q;;;;;+2/p-2. The van der Waals surface area contributed by atoms with Crippen molar-refractivity contribution in [3.63, 3.8) is 0 Å². The molecule has 7 aliphatic carbocycles. The van der Waals surface area contributed by atoms with Gasteiger partial charge in [0, 0.05) is 0 Å². The van der Waals surface area contributed by atoms with Gasteiger partial charge in [-0.3, -0.25) is 0 Å². The van der Waals surface area contributed by atoms with Crippen molar-refractivity contribution in [3.8, 4) is 11.1 Å². The van der Waals surface area contributed by atoms with Crippen LogP contribution in [0.4, 0.5) is 0 Å². The number of fused-ring (bicyclic) bond motifs is 8. The summed E-state index contributed by atoms with van der Waals surface area (Å²) in [5.74, 6) is 5.20. The van der Waals surface area contributed by atoms with Crippen molar-refractivity contribution in [2.75, 3.05) is 0 Å². The molecule has 61 heavy (non-hydrogen) atoms. The molecule has 0 N–H and O–H groups in total. The van der Waals surface area contributed by atoms with Crippen LogP contribution in [0.15, 0.2) is 112 Å². The summed E-state index contributed by atoms with van der Waals surface area (Å²) in [6.45, 7) is 23.1. The van der Waals surface area contributed by atoms with E-state index in [9.17, 15) is 0 Å². The second-order valence-electron chi connectivity index (χ2n) is 21.1. The summed E-state index contributed by atoms with van der Waals surface area (Å²) in [5, 5.41) is 2.99. The van der Waals surface area contributed by atoms with Crippen molar-refractivity contribution >= 4 is 14.0 Å². The number of rotatable bonds is 5. The SMILES string of the molecule is Cc1cc2c(c(C)c1C)C(C)c1c3c(c4ccccc4c1-2)C(C)C(C)C(C)[C]3(C)[Zr+2]([C]1=CC(C23CC4CC(CC(C4)C2)C3)=CC1C)=[C](c1ccccc1)c1ccccc1.[Cl-].[Cl-]. The molecule has 314 valence electrons. The first kappa shape index (κ1) is 43.4. The minimum Gasteiger partial charge on any atom is -1.00 e. The molecule has 0 aliphatic heterocycles. The van der Waals surface area contributed by atoms with Crippen molar-refractivity contribution in [2.45, 2.75) is 116 Å². The summed E-state index contributed by atoms with van der Waals surface area (Å²) in [6.07, 6.45) is 14.6. The fraction of sp³-hybridized carbons (Fsp3) is 0.431. The van der Waals surface area contributed by atoms with Crippen LogP contribution in [0, 0.1) is 61.7 Å². The van der Waals surface area contributed by atoms with Crippen LogP contribution in [0.1, 0.15) is 142 Å². The van der Waals surface area contributed by atoms with Gasteiger partial charge in [0.05, 0.1) is 0 Å². The third-order valence-corrected chi connectivity index (χ3v) is 28.0. The Morgan fingerprint density at radius 1 is 0.639 bits per heavy atom. The van der Waals surface area contributed by atoms with E-state index in [1.54, 1.807) is 36.6 Å². The minimum absolute atomic E-state index is 0. The average molecular weight is 923 g/mol. The van der Waals surface area contributed by atoms with Gasteiger partial charge in [0.2, 0.25) is 0 Å². The molecule has 4 bridgehead atoms. The topological polar surface area (TPSA) is 0 Å². The molecule has 5 aromatic carbocycles. The zero-order valence-corrected chi connectivity index (χ0v) is 41.9. The van der Waals surface area contributed by atoms with Gasteiger partial charge < -0.3 is 24.8 Å². The minimum atomic E-state index is -3.12. The molecule has 0 amide bonds. The number of hydrogen-bond acceptors (Lipinski definition) is 0. The Morgan fingerprint density at radius 2 is 1.18 bits per heavy atom. The third kappa shape index (κ3) is 6.23. The molecule has 3 heteroatoms. The number of halogens is 2. The van der Waals surface area contributed by atoms with Crippen LogP contribution < -0.4 is 24.8 Å². The molecular weight excluding hydrogens is 859 g/mol. The Balaban J connectivity index is 0.00000238. The summed E-state index contributed by atoms with van der Waals surface area (Å²) in [6, 6.07) is 35.8. The molecule has 0 heterocycles. The Hall–Kier alpha value is -2.83. The fourth-order valence-corrected chi connectivity index (χ4v) is 26.0. The van der Waals surface area contributed by atoms with Gasteiger partial charge in [-0.2, -0.15) is 0 Å². The van der Waals surface area contributed by atoms with Gasteiger partial charge >= 0.3 is 365 Å². The summed E-state index contributed by atoms with van der Waals surface area (Å²) < 4.78 is 3.57. The molecule has 0 nitrogen and oxygen atoms in total. The third-order valence-electron chi connectivity index (χ3n) is 18.2. The van der Waals surface area contributed by atoms with Crippen molar-refractivity contribution in [1.82, 2.24) is 0 Å². The van der Waals surface area contributed by atoms with E-state index >= 15 is 0 Å². The van der Waals surface area contributed by atoms with Gasteiger partial charge in [-0.25, -0.2) is 0 Å². The predicted octanol–water partition coefficient (Wildman–Crippen LogP) is 9.07. The smallest absolute Gasteiger partial charge is 1.00 e. The van der Waals surface area contributed by atoms with E-state index in [2.05, 4.69) is 165 Å². The number of aryl methyl sites for hydroxylation is 1. The van der Waals surface area contributed by atoms with Crippen LogP contribution in [-0.2, 0) is 24.4 Å². The van der Waals surface area contributed by atoms with Crippen molar-refractivity contribution in [3.05, 3.63) is 162 Å². The van der Waals surface area contributed by atoms with Gasteiger partial charge in [0.25, 0.3) is 0 Å².